The van der Waals surface area contributed by atoms with Crippen LogP contribution in [0.3, 0.4) is 0 Å². The van der Waals surface area contributed by atoms with Gasteiger partial charge in [-0.3, -0.25) is 0 Å². The summed E-state index contributed by atoms with van der Waals surface area (Å²) in [5, 5.41) is 8.17. The van der Waals surface area contributed by atoms with E-state index in [0.717, 1.165) is 27.8 Å². The maximum Gasteiger partial charge on any atom is 0.207 e. The Kier molecular flexibility index (Phi) is 2.75. The number of nitrogens with zero attached hydrogens (tertiary/aromatic N) is 2. The molecule has 98 valence electrons. The van der Waals surface area contributed by atoms with Crippen LogP contribution in [0.25, 0.3) is 21.6 Å². The van der Waals surface area contributed by atoms with Crippen molar-refractivity contribution in [2.24, 2.45) is 0 Å². The van der Waals surface area contributed by atoms with E-state index in [1.807, 2.05) is 30.3 Å². The van der Waals surface area contributed by atoms with E-state index in [2.05, 4.69) is 37.1 Å². The minimum Gasteiger partial charge on any atom is -0.324 e. The number of rotatable bonds is 3. The van der Waals surface area contributed by atoms with E-state index in [9.17, 15) is 0 Å². The van der Waals surface area contributed by atoms with Crippen LogP contribution in [-0.4, -0.2) is 15.0 Å². The van der Waals surface area contributed by atoms with Crippen LogP contribution < -0.4 is 5.32 Å². The number of thiazole rings is 1. The molecule has 0 aliphatic carbocycles. The summed E-state index contributed by atoms with van der Waals surface area (Å²) in [6.07, 6.45) is 0. The number of para-hydroxylation sites is 2. The van der Waals surface area contributed by atoms with Gasteiger partial charge in [0.1, 0.15) is 0 Å². The highest BCUT2D eigenvalue weighted by atomic mass is 32.1. The Balaban J connectivity index is 1.62. The number of benzene rings is 1. The lowest BCUT2D eigenvalue weighted by atomic mass is 10.3. The number of hydrogen-bond acceptors (Lipinski definition) is 5. The average Bonchev–Trinajstić information content (AvgIpc) is 3.18. The molecule has 2 N–H and O–H groups in total. The van der Waals surface area contributed by atoms with Crippen LogP contribution in [0.5, 0.6) is 0 Å². The van der Waals surface area contributed by atoms with Gasteiger partial charge in [0, 0.05) is 5.38 Å². The van der Waals surface area contributed by atoms with E-state index >= 15 is 0 Å². The van der Waals surface area contributed by atoms with Gasteiger partial charge < -0.3 is 10.3 Å². The largest absolute Gasteiger partial charge is 0.324 e. The Morgan fingerprint density at radius 1 is 1.00 bits per heavy atom. The maximum absolute atomic E-state index is 4.58. The molecule has 0 spiro atoms. The number of thiophene rings is 1. The monoisotopic (exact) mass is 298 g/mol. The second-order valence-electron chi connectivity index (χ2n) is 4.24. The summed E-state index contributed by atoms with van der Waals surface area (Å²) in [5.74, 6) is 0.721. The normalized spacial score (nSPS) is 11.0. The third-order valence-corrected chi connectivity index (χ3v) is 4.54. The Morgan fingerprint density at radius 3 is 2.80 bits per heavy atom. The zero-order valence-corrected chi connectivity index (χ0v) is 12.0. The molecule has 1 aromatic carbocycles. The second-order valence-corrected chi connectivity index (χ2v) is 6.05. The first-order valence-electron chi connectivity index (χ1n) is 6.10. The lowest BCUT2D eigenvalue weighted by Gasteiger charge is -1.95. The third kappa shape index (κ3) is 2.09. The van der Waals surface area contributed by atoms with Crippen molar-refractivity contribution in [2.75, 3.05) is 5.32 Å². The highest BCUT2D eigenvalue weighted by molar-refractivity contribution is 7.16. The summed E-state index contributed by atoms with van der Waals surface area (Å²) in [6.45, 7) is 0. The van der Waals surface area contributed by atoms with E-state index in [1.54, 1.807) is 22.7 Å². The number of H-pyrrole nitrogens is 1. The summed E-state index contributed by atoms with van der Waals surface area (Å²) in [6, 6.07) is 12.1. The van der Waals surface area contributed by atoms with Gasteiger partial charge >= 0.3 is 0 Å². The zero-order chi connectivity index (χ0) is 13.4. The highest BCUT2D eigenvalue weighted by Crippen LogP contribution is 2.29. The summed E-state index contributed by atoms with van der Waals surface area (Å²) in [4.78, 5) is 13.5. The molecule has 0 fully saturated rings. The summed E-state index contributed by atoms with van der Waals surface area (Å²) >= 11 is 3.27. The quantitative estimate of drug-likeness (QED) is 0.586. The van der Waals surface area contributed by atoms with Gasteiger partial charge in [-0.25, -0.2) is 9.97 Å². The fraction of sp³-hybridized carbons (Fsp3) is 0. The molecule has 0 aliphatic rings. The molecule has 0 saturated carbocycles. The van der Waals surface area contributed by atoms with Crippen molar-refractivity contribution in [1.82, 2.24) is 15.0 Å². The van der Waals surface area contributed by atoms with Crippen molar-refractivity contribution in [2.45, 2.75) is 0 Å². The van der Waals surface area contributed by atoms with Gasteiger partial charge in [0.15, 0.2) is 5.13 Å². The van der Waals surface area contributed by atoms with Gasteiger partial charge in [0.05, 0.1) is 21.6 Å². The van der Waals surface area contributed by atoms with E-state index in [0.29, 0.717) is 0 Å². The third-order valence-electron chi connectivity index (χ3n) is 2.89. The molecule has 20 heavy (non-hydrogen) atoms. The van der Waals surface area contributed by atoms with Crippen molar-refractivity contribution in [3.63, 3.8) is 0 Å². The molecule has 0 radical (unpaired) electrons. The smallest absolute Gasteiger partial charge is 0.207 e. The van der Waals surface area contributed by atoms with Gasteiger partial charge in [0.25, 0.3) is 0 Å². The van der Waals surface area contributed by atoms with Crippen LogP contribution in [0.2, 0.25) is 0 Å². The SMILES string of the molecule is c1csc(-c2csc(Nc3nc4ccccc4[nH]3)n2)c1. The summed E-state index contributed by atoms with van der Waals surface area (Å²) in [7, 11) is 0. The molecule has 0 amide bonds. The van der Waals surface area contributed by atoms with Crippen LogP contribution in [0.15, 0.2) is 47.2 Å². The van der Waals surface area contributed by atoms with Crippen molar-refractivity contribution in [1.29, 1.82) is 0 Å². The van der Waals surface area contributed by atoms with Crippen LogP contribution in [0, 0.1) is 0 Å². The van der Waals surface area contributed by atoms with Gasteiger partial charge in [-0.15, -0.1) is 22.7 Å². The van der Waals surface area contributed by atoms with Gasteiger partial charge in [-0.2, -0.15) is 0 Å². The molecule has 4 rings (SSSR count). The molecule has 0 saturated heterocycles. The first-order chi connectivity index (χ1) is 9.88. The number of hydrogen-bond donors (Lipinski definition) is 2. The standard InChI is InChI=1S/C14H10N4S2/c1-2-5-10-9(4-1)15-13(16-10)18-14-17-11(8-20-14)12-6-3-7-19-12/h1-8H,(H2,15,16,17,18). The van der Waals surface area contributed by atoms with E-state index < -0.39 is 0 Å². The number of fused-ring (bicyclic) bond motifs is 1. The molecule has 6 heteroatoms. The Bertz CT molecular complexity index is 812. The van der Waals surface area contributed by atoms with E-state index in [-0.39, 0.29) is 0 Å². The lowest BCUT2D eigenvalue weighted by Crippen LogP contribution is -1.91. The first-order valence-corrected chi connectivity index (χ1v) is 7.85. The van der Waals surface area contributed by atoms with Crippen molar-refractivity contribution < 1.29 is 0 Å². The molecule has 4 nitrogen and oxygen atoms in total. The van der Waals surface area contributed by atoms with Gasteiger partial charge in [-0.1, -0.05) is 18.2 Å². The lowest BCUT2D eigenvalue weighted by molar-refractivity contribution is 1.29. The molecule has 3 heterocycles. The van der Waals surface area contributed by atoms with E-state index in [1.165, 1.54) is 4.88 Å². The number of nitrogens with one attached hydrogen (secondary N) is 2. The van der Waals surface area contributed by atoms with Crippen molar-refractivity contribution in [3.8, 4) is 10.6 Å². The molecule has 4 aromatic rings. The summed E-state index contributed by atoms with van der Waals surface area (Å²) in [5.41, 5.74) is 2.97. The summed E-state index contributed by atoms with van der Waals surface area (Å²) < 4.78 is 0. The first kappa shape index (κ1) is 11.6. The predicted octanol–water partition coefficient (Wildman–Crippen LogP) is 4.49. The van der Waals surface area contributed by atoms with E-state index in [4.69, 9.17) is 0 Å². The molecule has 0 aliphatic heterocycles. The Morgan fingerprint density at radius 2 is 1.95 bits per heavy atom. The van der Waals surface area contributed by atoms with Crippen LogP contribution in [0.1, 0.15) is 0 Å². The molecule has 0 bridgehead atoms. The minimum absolute atomic E-state index is 0.721. The number of imidazole rings is 1. The Hall–Kier alpha value is -2.18. The molecule has 3 aromatic heterocycles. The average molecular weight is 298 g/mol. The van der Waals surface area contributed by atoms with Gasteiger partial charge in [-0.05, 0) is 23.6 Å². The number of aromatic nitrogens is 3. The van der Waals surface area contributed by atoms with Crippen LogP contribution in [-0.2, 0) is 0 Å². The van der Waals surface area contributed by atoms with Crippen molar-refractivity contribution in [3.05, 3.63) is 47.2 Å². The zero-order valence-electron chi connectivity index (χ0n) is 10.3. The highest BCUT2D eigenvalue weighted by Gasteiger charge is 2.07. The second kappa shape index (κ2) is 4.73. The minimum atomic E-state index is 0.721. The van der Waals surface area contributed by atoms with Crippen LogP contribution in [0.4, 0.5) is 11.1 Å². The fourth-order valence-corrected chi connectivity index (χ4v) is 3.45. The molecule has 0 unspecified atom stereocenters. The molecular weight excluding hydrogens is 288 g/mol. The van der Waals surface area contributed by atoms with Crippen LogP contribution >= 0.6 is 22.7 Å². The van der Waals surface area contributed by atoms with Gasteiger partial charge in [0.2, 0.25) is 5.95 Å². The predicted molar refractivity (Wildman–Crippen MR) is 84.8 cm³/mol. The number of anilines is 2. The maximum atomic E-state index is 4.58. The molecule has 0 atom stereocenters. The number of aromatic amines is 1. The van der Waals surface area contributed by atoms with Crippen molar-refractivity contribution >= 4 is 44.8 Å². The topological polar surface area (TPSA) is 53.6 Å². The Labute approximate surface area is 123 Å². The fourth-order valence-electron chi connectivity index (χ4n) is 1.98. The molecular formula is C14H10N4S2.